The molecule has 0 radical (unpaired) electrons. The van der Waals surface area contributed by atoms with Crippen LogP contribution in [0.3, 0.4) is 0 Å². The van der Waals surface area contributed by atoms with E-state index in [4.69, 9.17) is 11.6 Å². The van der Waals surface area contributed by atoms with Gasteiger partial charge >= 0.3 is 0 Å². The predicted octanol–water partition coefficient (Wildman–Crippen LogP) is 3.59. The first-order valence-electron chi connectivity index (χ1n) is 7.06. The molecule has 1 saturated heterocycles. The highest BCUT2D eigenvalue weighted by Crippen LogP contribution is 2.22. The first-order chi connectivity index (χ1) is 9.81. The van der Waals surface area contributed by atoms with E-state index in [2.05, 4.69) is 46.6 Å². The van der Waals surface area contributed by atoms with Gasteiger partial charge in [0.25, 0.3) is 0 Å². The molecule has 20 heavy (non-hydrogen) atoms. The molecule has 1 fully saturated rings. The summed E-state index contributed by atoms with van der Waals surface area (Å²) in [6, 6.07) is 15.3. The molecule has 0 aliphatic carbocycles. The lowest BCUT2D eigenvalue weighted by Crippen LogP contribution is -2.46. The molecule has 106 valence electrons. The molecule has 2 nitrogen and oxygen atoms in total. The lowest BCUT2D eigenvalue weighted by molar-refractivity contribution is 0.203. The third-order valence-electron chi connectivity index (χ3n) is 3.76. The van der Waals surface area contributed by atoms with Gasteiger partial charge in [0, 0.05) is 37.1 Å². The highest BCUT2D eigenvalue weighted by atomic mass is 35.5. The Kier molecular flexibility index (Phi) is 4.73. The molecule has 1 unspecified atom stereocenters. The van der Waals surface area contributed by atoms with Crippen molar-refractivity contribution in [1.29, 1.82) is 0 Å². The van der Waals surface area contributed by atoms with E-state index in [0.717, 1.165) is 36.9 Å². The third-order valence-corrected chi connectivity index (χ3v) is 5.06. The number of nitrogens with zero attached hydrogens (tertiary/aromatic N) is 1. The molecule has 0 saturated carbocycles. The molecule has 0 bridgehead atoms. The Balaban J connectivity index is 1.55. The number of rotatable bonds is 4. The van der Waals surface area contributed by atoms with Gasteiger partial charge in [-0.15, -0.1) is 11.3 Å². The van der Waals surface area contributed by atoms with E-state index in [1.807, 2.05) is 6.07 Å². The van der Waals surface area contributed by atoms with E-state index in [1.165, 1.54) is 10.4 Å². The van der Waals surface area contributed by atoms with E-state index in [9.17, 15) is 0 Å². The molecule has 1 aromatic heterocycles. The zero-order valence-electron chi connectivity index (χ0n) is 11.4. The Bertz CT molecular complexity index is 540. The number of nitrogens with one attached hydrogen (secondary N) is 1. The van der Waals surface area contributed by atoms with Crippen molar-refractivity contribution in [3.05, 3.63) is 57.2 Å². The van der Waals surface area contributed by atoms with E-state index in [0.29, 0.717) is 6.04 Å². The molecule has 1 N–H and O–H groups in total. The lowest BCUT2D eigenvalue weighted by atomic mass is 10.0. The van der Waals surface area contributed by atoms with Crippen LogP contribution in [0.2, 0.25) is 4.34 Å². The van der Waals surface area contributed by atoms with Gasteiger partial charge < -0.3 is 5.32 Å². The molecule has 0 spiro atoms. The quantitative estimate of drug-likeness (QED) is 0.928. The molecule has 2 heterocycles. The second-order valence-corrected chi connectivity index (χ2v) is 6.97. The largest absolute Gasteiger partial charge is 0.308 e. The van der Waals surface area contributed by atoms with Crippen LogP contribution in [0.4, 0.5) is 0 Å². The highest BCUT2D eigenvalue weighted by molar-refractivity contribution is 7.16. The maximum atomic E-state index is 5.98. The normalized spacial score (nSPS) is 20.1. The zero-order valence-corrected chi connectivity index (χ0v) is 13.0. The van der Waals surface area contributed by atoms with Gasteiger partial charge in [-0.3, -0.25) is 4.90 Å². The maximum Gasteiger partial charge on any atom is 0.0931 e. The summed E-state index contributed by atoms with van der Waals surface area (Å²) in [6.07, 6.45) is 1.10. The van der Waals surface area contributed by atoms with Crippen LogP contribution >= 0.6 is 22.9 Å². The number of piperazine rings is 1. The number of hydrogen-bond acceptors (Lipinski definition) is 3. The molecule has 1 aliphatic heterocycles. The van der Waals surface area contributed by atoms with E-state index in [1.54, 1.807) is 11.3 Å². The van der Waals surface area contributed by atoms with Crippen molar-refractivity contribution < 1.29 is 0 Å². The Morgan fingerprint density at radius 2 is 2.05 bits per heavy atom. The monoisotopic (exact) mass is 306 g/mol. The molecule has 2 aromatic rings. The second-order valence-electron chi connectivity index (χ2n) is 5.17. The van der Waals surface area contributed by atoms with Crippen LogP contribution in [0.25, 0.3) is 0 Å². The fourth-order valence-electron chi connectivity index (χ4n) is 2.68. The van der Waals surface area contributed by atoms with Gasteiger partial charge in [-0.1, -0.05) is 41.9 Å². The van der Waals surface area contributed by atoms with Crippen molar-refractivity contribution >= 4 is 22.9 Å². The number of halogens is 1. The van der Waals surface area contributed by atoms with Gasteiger partial charge in [-0.2, -0.15) is 0 Å². The van der Waals surface area contributed by atoms with Crippen LogP contribution < -0.4 is 5.32 Å². The molecule has 0 amide bonds. The molecule has 1 atom stereocenters. The van der Waals surface area contributed by atoms with Crippen molar-refractivity contribution in [3.63, 3.8) is 0 Å². The minimum absolute atomic E-state index is 0.455. The summed E-state index contributed by atoms with van der Waals surface area (Å²) in [7, 11) is 0. The van der Waals surface area contributed by atoms with E-state index in [-0.39, 0.29) is 0 Å². The molecule has 4 heteroatoms. The summed E-state index contributed by atoms with van der Waals surface area (Å²) >= 11 is 7.68. The number of thiophene rings is 1. The van der Waals surface area contributed by atoms with Crippen molar-refractivity contribution in [2.75, 3.05) is 26.2 Å². The summed E-state index contributed by atoms with van der Waals surface area (Å²) in [5.74, 6) is 0. The Morgan fingerprint density at radius 3 is 2.80 bits per heavy atom. The molecule has 3 rings (SSSR count). The minimum Gasteiger partial charge on any atom is -0.308 e. The first-order valence-corrected chi connectivity index (χ1v) is 8.25. The SMILES string of the molecule is Clc1ccc(CCN2CCNC(c3ccccc3)C2)s1. The van der Waals surface area contributed by atoms with Crippen molar-refractivity contribution in [1.82, 2.24) is 10.2 Å². The zero-order chi connectivity index (χ0) is 13.8. The van der Waals surface area contributed by atoms with Crippen LogP contribution in [0.5, 0.6) is 0 Å². The average Bonchev–Trinajstić information content (AvgIpc) is 2.92. The molecular formula is C16H19ClN2S. The summed E-state index contributed by atoms with van der Waals surface area (Å²) in [5, 5.41) is 3.61. The van der Waals surface area contributed by atoms with Gasteiger partial charge in [-0.05, 0) is 24.1 Å². The number of benzene rings is 1. The topological polar surface area (TPSA) is 15.3 Å². The van der Waals surface area contributed by atoms with Crippen LogP contribution in [0, 0.1) is 0 Å². The van der Waals surface area contributed by atoms with Gasteiger partial charge in [0.05, 0.1) is 4.34 Å². The molecular weight excluding hydrogens is 288 g/mol. The van der Waals surface area contributed by atoms with Crippen LogP contribution in [0.15, 0.2) is 42.5 Å². The maximum absolute atomic E-state index is 5.98. The van der Waals surface area contributed by atoms with Crippen LogP contribution in [-0.2, 0) is 6.42 Å². The average molecular weight is 307 g/mol. The Labute approximate surface area is 129 Å². The van der Waals surface area contributed by atoms with Gasteiger partial charge in [-0.25, -0.2) is 0 Å². The highest BCUT2D eigenvalue weighted by Gasteiger charge is 2.20. The number of hydrogen-bond donors (Lipinski definition) is 1. The predicted molar refractivity (Wildman–Crippen MR) is 86.7 cm³/mol. The molecule has 1 aromatic carbocycles. The van der Waals surface area contributed by atoms with Crippen LogP contribution in [0.1, 0.15) is 16.5 Å². The van der Waals surface area contributed by atoms with Crippen LogP contribution in [-0.4, -0.2) is 31.1 Å². The van der Waals surface area contributed by atoms with Gasteiger partial charge in [0.2, 0.25) is 0 Å². The van der Waals surface area contributed by atoms with Crippen molar-refractivity contribution in [2.24, 2.45) is 0 Å². The van der Waals surface area contributed by atoms with E-state index < -0.39 is 0 Å². The van der Waals surface area contributed by atoms with E-state index >= 15 is 0 Å². The molecule has 1 aliphatic rings. The second kappa shape index (κ2) is 6.72. The summed E-state index contributed by atoms with van der Waals surface area (Å²) < 4.78 is 0.891. The fourth-order valence-corrected chi connectivity index (χ4v) is 3.75. The van der Waals surface area contributed by atoms with Gasteiger partial charge in [0.15, 0.2) is 0 Å². The summed E-state index contributed by atoms with van der Waals surface area (Å²) in [5.41, 5.74) is 1.39. The minimum atomic E-state index is 0.455. The van der Waals surface area contributed by atoms with Crippen molar-refractivity contribution in [2.45, 2.75) is 12.5 Å². The Morgan fingerprint density at radius 1 is 1.20 bits per heavy atom. The smallest absolute Gasteiger partial charge is 0.0931 e. The fraction of sp³-hybridized carbons (Fsp3) is 0.375. The summed E-state index contributed by atoms with van der Waals surface area (Å²) in [4.78, 5) is 3.92. The standard InChI is InChI=1S/C16H19ClN2S/c17-16-7-6-14(20-16)8-10-19-11-9-18-15(12-19)13-4-2-1-3-5-13/h1-7,15,18H,8-12H2. The van der Waals surface area contributed by atoms with Gasteiger partial charge in [0.1, 0.15) is 0 Å². The lowest BCUT2D eigenvalue weighted by Gasteiger charge is -2.33. The van der Waals surface area contributed by atoms with Crippen molar-refractivity contribution in [3.8, 4) is 0 Å². The Hall–Kier alpha value is -0.870. The first kappa shape index (κ1) is 14.1. The third kappa shape index (κ3) is 3.61. The summed E-state index contributed by atoms with van der Waals surface area (Å²) in [6.45, 7) is 4.39.